The molecule has 0 aromatic heterocycles. The van der Waals surface area contributed by atoms with Gasteiger partial charge in [0.2, 0.25) is 0 Å². The summed E-state index contributed by atoms with van der Waals surface area (Å²) in [7, 11) is 0. The second kappa shape index (κ2) is 3.43. The maximum Gasteiger partial charge on any atom is 0.135 e. The zero-order chi connectivity index (χ0) is 10.2. The van der Waals surface area contributed by atoms with Crippen LogP contribution in [0.5, 0.6) is 0 Å². The van der Waals surface area contributed by atoms with Crippen LogP contribution in [0.3, 0.4) is 0 Å². The Morgan fingerprint density at radius 1 is 1.23 bits per heavy atom. The van der Waals surface area contributed by atoms with Crippen LogP contribution in [0.4, 0.5) is 0 Å². The monoisotopic (exact) mass is 182 g/mol. The molecule has 0 amide bonds. The molecule has 2 unspecified atom stereocenters. The van der Waals surface area contributed by atoms with Crippen LogP contribution < -0.4 is 0 Å². The summed E-state index contributed by atoms with van der Waals surface area (Å²) < 4.78 is 0. The number of carbonyl (C=O) groups excluding carboxylic acids is 1. The fourth-order valence-corrected chi connectivity index (χ4v) is 2.61. The van der Waals surface area contributed by atoms with Crippen LogP contribution in [0.2, 0.25) is 0 Å². The maximum atomic E-state index is 11.6. The van der Waals surface area contributed by atoms with E-state index in [1.165, 1.54) is 6.42 Å². The van der Waals surface area contributed by atoms with Crippen LogP contribution in [0, 0.1) is 23.2 Å². The molecule has 0 aliphatic heterocycles. The first-order valence-electron chi connectivity index (χ1n) is 5.39. The normalized spacial score (nSPS) is 46.1. The quantitative estimate of drug-likeness (QED) is 0.608. The van der Waals surface area contributed by atoms with Gasteiger partial charge in [-0.2, -0.15) is 0 Å². The number of rotatable bonds is 1. The molecule has 1 heteroatoms. The van der Waals surface area contributed by atoms with Crippen LogP contribution in [0.15, 0.2) is 0 Å². The smallest absolute Gasteiger partial charge is 0.135 e. The third-order valence-electron chi connectivity index (χ3n) is 4.33. The van der Waals surface area contributed by atoms with Gasteiger partial charge >= 0.3 is 0 Å². The lowest BCUT2D eigenvalue weighted by atomic mass is 9.60. The average molecular weight is 182 g/mol. The van der Waals surface area contributed by atoms with Gasteiger partial charge in [-0.05, 0) is 37.5 Å². The summed E-state index contributed by atoms with van der Waals surface area (Å²) in [5.74, 6) is 2.41. The molecular weight excluding hydrogens is 160 g/mol. The third kappa shape index (κ3) is 1.79. The highest BCUT2D eigenvalue weighted by Gasteiger charge is 2.42. The van der Waals surface area contributed by atoms with Gasteiger partial charge in [0.05, 0.1) is 0 Å². The summed E-state index contributed by atoms with van der Waals surface area (Å²) in [6, 6.07) is 0. The topological polar surface area (TPSA) is 17.1 Å². The lowest BCUT2D eigenvalue weighted by Crippen LogP contribution is -2.41. The lowest BCUT2D eigenvalue weighted by molar-refractivity contribution is -0.132. The Morgan fingerprint density at radius 3 is 2.23 bits per heavy atom. The summed E-state index contributed by atoms with van der Waals surface area (Å²) in [6.07, 6.45) is 2.28. The van der Waals surface area contributed by atoms with Gasteiger partial charge in [-0.15, -0.1) is 0 Å². The van der Waals surface area contributed by atoms with Crippen molar-refractivity contribution < 1.29 is 4.79 Å². The fraction of sp³-hybridized carbons (Fsp3) is 0.917. The molecule has 1 nitrogen and oxygen atoms in total. The first-order valence-corrected chi connectivity index (χ1v) is 5.39. The van der Waals surface area contributed by atoms with Gasteiger partial charge in [-0.3, -0.25) is 4.79 Å². The van der Waals surface area contributed by atoms with Gasteiger partial charge in [0.1, 0.15) is 5.78 Å². The molecule has 0 saturated heterocycles. The molecule has 4 atom stereocenters. The third-order valence-corrected chi connectivity index (χ3v) is 4.33. The van der Waals surface area contributed by atoms with Crippen molar-refractivity contribution in [2.75, 3.05) is 0 Å². The predicted octanol–water partition coefficient (Wildman–Crippen LogP) is 3.28. The van der Waals surface area contributed by atoms with Gasteiger partial charge in [0.25, 0.3) is 0 Å². The van der Waals surface area contributed by atoms with Crippen molar-refractivity contribution in [2.24, 2.45) is 23.2 Å². The molecule has 0 spiro atoms. The zero-order valence-electron chi connectivity index (χ0n) is 9.55. The molecule has 0 aromatic rings. The Morgan fingerprint density at radius 2 is 1.77 bits per heavy atom. The van der Waals surface area contributed by atoms with Gasteiger partial charge in [-0.25, -0.2) is 0 Å². The van der Waals surface area contributed by atoms with E-state index < -0.39 is 0 Å². The van der Waals surface area contributed by atoms with Crippen molar-refractivity contribution in [2.45, 2.75) is 47.5 Å². The van der Waals surface area contributed by atoms with Crippen LogP contribution in [-0.4, -0.2) is 5.78 Å². The van der Waals surface area contributed by atoms with Gasteiger partial charge in [-0.1, -0.05) is 27.7 Å². The van der Waals surface area contributed by atoms with Crippen molar-refractivity contribution in [3.05, 3.63) is 0 Å². The van der Waals surface area contributed by atoms with E-state index in [1.54, 1.807) is 6.92 Å². The Labute approximate surface area is 81.9 Å². The Bertz CT molecular complexity index is 209. The van der Waals surface area contributed by atoms with Crippen LogP contribution in [0.25, 0.3) is 0 Å². The van der Waals surface area contributed by atoms with E-state index in [1.807, 2.05) is 0 Å². The van der Waals surface area contributed by atoms with Crippen LogP contribution in [-0.2, 0) is 4.79 Å². The second-order valence-corrected chi connectivity index (χ2v) is 5.27. The van der Waals surface area contributed by atoms with Gasteiger partial charge in [0.15, 0.2) is 0 Å². The number of hydrogen-bond acceptors (Lipinski definition) is 1. The van der Waals surface area contributed by atoms with Crippen LogP contribution in [0.1, 0.15) is 47.5 Å². The zero-order valence-corrected chi connectivity index (χ0v) is 9.55. The molecule has 0 aromatic carbocycles. The molecule has 1 aliphatic rings. The van der Waals surface area contributed by atoms with Crippen molar-refractivity contribution in [1.29, 1.82) is 0 Å². The van der Waals surface area contributed by atoms with Gasteiger partial charge in [0, 0.05) is 5.41 Å². The van der Waals surface area contributed by atoms with Crippen molar-refractivity contribution in [1.82, 2.24) is 0 Å². The van der Waals surface area contributed by atoms with Crippen molar-refractivity contribution in [3.8, 4) is 0 Å². The van der Waals surface area contributed by atoms with E-state index in [-0.39, 0.29) is 5.41 Å². The minimum Gasteiger partial charge on any atom is -0.299 e. The molecule has 1 saturated carbocycles. The SMILES string of the molecule is CC(=O)[C@]1(C)CC(C)C(C)C[C@@H]1C. The molecule has 0 radical (unpaired) electrons. The highest BCUT2D eigenvalue weighted by molar-refractivity contribution is 5.82. The summed E-state index contributed by atoms with van der Waals surface area (Å²) in [5.41, 5.74) is -0.0497. The van der Waals surface area contributed by atoms with E-state index in [0.29, 0.717) is 17.6 Å². The summed E-state index contributed by atoms with van der Waals surface area (Å²) in [4.78, 5) is 11.6. The van der Waals surface area contributed by atoms with Crippen molar-refractivity contribution in [3.63, 3.8) is 0 Å². The van der Waals surface area contributed by atoms with Crippen LogP contribution >= 0.6 is 0 Å². The summed E-state index contributed by atoms with van der Waals surface area (Å²) in [5, 5.41) is 0. The summed E-state index contributed by atoms with van der Waals surface area (Å²) >= 11 is 0. The molecule has 1 aliphatic carbocycles. The number of Topliss-reactive ketones (excluding diaryl/α,β-unsaturated/α-hetero) is 1. The summed E-state index contributed by atoms with van der Waals surface area (Å²) in [6.45, 7) is 10.7. The molecular formula is C12H22O. The first-order chi connectivity index (χ1) is 5.88. The minimum absolute atomic E-state index is 0.0497. The fourth-order valence-electron chi connectivity index (χ4n) is 2.61. The molecule has 76 valence electrons. The number of carbonyl (C=O) groups is 1. The van der Waals surface area contributed by atoms with E-state index in [4.69, 9.17) is 0 Å². The second-order valence-electron chi connectivity index (χ2n) is 5.27. The number of ketones is 1. The molecule has 0 bridgehead atoms. The largest absolute Gasteiger partial charge is 0.299 e. The average Bonchev–Trinajstić information content (AvgIpc) is 2.01. The predicted molar refractivity (Wildman–Crippen MR) is 55.5 cm³/mol. The Balaban J connectivity index is 2.82. The molecule has 0 N–H and O–H groups in total. The number of hydrogen-bond donors (Lipinski definition) is 0. The van der Waals surface area contributed by atoms with Crippen molar-refractivity contribution >= 4 is 5.78 Å². The Hall–Kier alpha value is -0.330. The molecule has 13 heavy (non-hydrogen) atoms. The highest BCUT2D eigenvalue weighted by atomic mass is 16.1. The van der Waals surface area contributed by atoms with E-state index in [9.17, 15) is 4.79 Å². The van der Waals surface area contributed by atoms with E-state index in [2.05, 4.69) is 27.7 Å². The molecule has 1 fully saturated rings. The van der Waals surface area contributed by atoms with E-state index >= 15 is 0 Å². The first kappa shape index (κ1) is 10.7. The Kier molecular flexibility index (Phi) is 2.84. The molecule has 0 heterocycles. The minimum atomic E-state index is -0.0497. The van der Waals surface area contributed by atoms with E-state index in [0.717, 1.165) is 12.3 Å². The molecule has 1 rings (SSSR count). The highest BCUT2D eigenvalue weighted by Crippen LogP contribution is 2.46. The standard InChI is InChI=1S/C12H22O/c1-8-6-10(3)12(5,11(4)13)7-9(8)2/h8-10H,6-7H2,1-5H3/t8?,9?,10-,12+/m0/s1. The lowest BCUT2D eigenvalue weighted by Gasteiger charge is -2.43. The van der Waals surface area contributed by atoms with Gasteiger partial charge < -0.3 is 0 Å². The maximum absolute atomic E-state index is 11.6.